The van der Waals surface area contributed by atoms with Crippen molar-refractivity contribution < 1.29 is 42.9 Å². The van der Waals surface area contributed by atoms with Crippen molar-refractivity contribution in [1.29, 1.82) is 0 Å². The van der Waals surface area contributed by atoms with E-state index in [4.69, 9.17) is 23.7 Å². The van der Waals surface area contributed by atoms with Crippen molar-refractivity contribution in [1.82, 2.24) is 0 Å². The van der Waals surface area contributed by atoms with Crippen LogP contribution in [0.1, 0.15) is 38.5 Å². The minimum Gasteiger partial charge on any atom is -0.469 e. The third-order valence-corrected chi connectivity index (χ3v) is 6.00. The SMILES string of the molecule is COC(=O)C1CCC(OC2CCC(C(=O)OC)C(C(=O)OC)C2)CC1C(=O)OC. The first-order valence-electron chi connectivity index (χ1n) is 9.82. The quantitative estimate of drug-likeness (QED) is 0.468. The number of esters is 4. The van der Waals surface area contributed by atoms with Crippen molar-refractivity contribution >= 4 is 23.9 Å². The van der Waals surface area contributed by atoms with Crippen LogP contribution < -0.4 is 0 Å². The van der Waals surface area contributed by atoms with Crippen LogP contribution in [0.5, 0.6) is 0 Å². The lowest BCUT2D eigenvalue weighted by atomic mass is 9.76. The molecule has 2 aliphatic carbocycles. The monoisotopic (exact) mass is 414 g/mol. The third-order valence-electron chi connectivity index (χ3n) is 6.00. The van der Waals surface area contributed by atoms with E-state index in [1.54, 1.807) is 0 Å². The number of rotatable bonds is 6. The summed E-state index contributed by atoms with van der Waals surface area (Å²) in [5, 5.41) is 0. The molecule has 0 amide bonds. The van der Waals surface area contributed by atoms with Gasteiger partial charge in [-0.2, -0.15) is 0 Å². The van der Waals surface area contributed by atoms with Crippen LogP contribution in [0.4, 0.5) is 0 Å². The molecular weight excluding hydrogens is 384 g/mol. The molecule has 6 unspecified atom stereocenters. The lowest BCUT2D eigenvalue weighted by Gasteiger charge is -2.38. The summed E-state index contributed by atoms with van der Waals surface area (Å²) in [5.41, 5.74) is 0. The van der Waals surface area contributed by atoms with Crippen molar-refractivity contribution in [3.05, 3.63) is 0 Å². The number of methoxy groups -OCH3 is 4. The molecule has 29 heavy (non-hydrogen) atoms. The smallest absolute Gasteiger partial charge is 0.309 e. The molecule has 0 heterocycles. The molecule has 0 aromatic rings. The van der Waals surface area contributed by atoms with Crippen molar-refractivity contribution in [3.63, 3.8) is 0 Å². The number of hydrogen-bond donors (Lipinski definition) is 0. The van der Waals surface area contributed by atoms with Crippen LogP contribution >= 0.6 is 0 Å². The molecule has 2 aliphatic rings. The number of ether oxygens (including phenoxy) is 5. The standard InChI is InChI=1S/C20H30O9/c1-25-17(21)13-7-5-11(9-15(13)19(23)27-3)29-12-6-8-14(18(22)26-2)16(10-12)20(24)28-4/h11-16H,5-10H2,1-4H3. The fraction of sp³-hybridized carbons (Fsp3) is 0.800. The second-order valence-electron chi connectivity index (χ2n) is 7.52. The van der Waals surface area contributed by atoms with Gasteiger partial charge in [-0.05, 0) is 38.5 Å². The molecule has 164 valence electrons. The van der Waals surface area contributed by atoms with Crippen molar-refractivity contribution in [2.45, 2.75) is 50.7 Å². The van der Waals surface area contributed by atoms with Gasteiger partial charge in [0.1, 0.15) is 0 Å². The highest BCUT2D eigenvalue weighted by Gasteiger charge is 2.44. The van der Waals surface area contributed by atoms with E-state index in [0.717, 1.165) is 0 Å². The summed E-state index contributed by atoms with van der Waals surface area (Å²) in [6.45, 7) is 0. The van der Waals surface area contributed by atoms with Crippen LogP contribution in [-0.4, -0.2) is 64.5 Å². The second-order valence-corrected chi connectivity index (χ2v) is 7.52. The van der Waals surface area contributed by atoms with Gasteiger partial charge in [0.2, 0.25) is 0 Å². The Kier molecular flexibility index (Phi) is 8.43. The average Bonchev–Trinajstić information content (AvgIpc) is 2.76. The first-order chi connectivity index (χ1) is 13.9. The summed E-state index contributed by atoms with van der Waals surface area (Å²) in [6.07, 6.45) is 2.26. The van der Waals surface area contributed by atoms with E-state index in [1.165, 1.54) is 28.4 Å². The van der Waals surface area contributed by atoms with Crippen LogP contribution in [0.3, 0.4) is 0 Å². The van der Waals surface area contributed by atoms with Gasteiger partial charge in [-0.25, -0.2) is 0 Å². The largest absolute Gasteiger partial charge is 0.469 e. The Hall–Kier alpha value is -2.16. The van der Waals surface area contributed by atoms with Gasteiger partial charge in [-0.3, -0.25) is 19.2 Å². The first-order valence-corrected chi connectivity index (χ1v) is 9.82. The van der Waals surface area contributed by atoms with Crippen LogP contribution in [0.25, 0.3) is 0 Å². The van der Waals surface area contributed by atoms with Gasteiger partial charge in [0.15, 0.2) is 0 Å². The first kappa shape index (κ1) is 23.1. The Bertz CT molecular complexity index is 565. The normalized spacial score (nSPS) is 32.0. The zero-order chi connectivity index (χ0) is 21.6. The molecule has 0 bridgehead atoms. The Morgan fingerprint density at radius 3 is 1.14 bits per heavy atom. The van der Waals surface area contributed by atoms with E-state index in [9.17, 15) is 19.2 Å². The molecule has 6 atom stereocenters. The molecule has 2 rings (SSSR count). The Morgan fingerprint density at radius 2 is 0.828 bits per heavy atom. The minimum atomic E-state index is -0.631. The molecule has 0 radical (unpaired) electrons. The molecule has 9 heteroatoms. The molecule has 0 spiro atoms. The summed E-state index contributed by atoms with van der Waals surface area (Å²) in [4.78, 5) is 48.4. The molecule has 2 fully saturated rings. The van der Waals surface area contributed by atoms with Crippen LogP contribution in [0.15, 0.2) is 0 Å². The van der Waals surface area contributed by atoms with Gasteiger partial charge in [0, 0.05) is 0 Å². The van der Waals surface area contributed by atoms with E-state index in [-0.39, 0.29) is 12.2 Å². The summed E-state index contributed by atoms with van der Waals surface area (Å²) in [5.74, 6) is -4.14. The summed E-state index contributed by atoms with van der Waals surface area (Å²) in [7, 11) is 5.17. The van der Waals surface area contributed by atoms with Crippen molar-refractivity contribution in [2.75, 3.05) is 28.4 Å². The van der Waals surface area contributed by atoms with Crippen molar-refractivity contribution in [2.24, 2.45) is 23.7 Å². The number of hydrogen-bond acceptors (Lipinski definition) is 9. The van der Waals surface area contributed by atoms with E-state index in [0.29, 0.717) is 38.5 Å². The van der Waals surface area contributed by atoms with Gasteiger partial charge < -0.3 is 23.7 Å². The third kappa shape index (κ3) is 5.46. The van der Waals surface area contributed by atoms with Crippen LogP contribution in [-0.2, 0) is 42.9 Å². The highest BCUT2D eigenvalue weighted by atomic mass is 16.5. The highest BCUT2D eigenvalue weighted by molar-refractivity contribution is 5.83. The maximum Gasteiger partial charge on any atom is 0.309 e. The Balaban J connectivity index is 2.04. The van der Waals surface area contributed by atoms with Gasteiger partial charge in [0.25, 0.3) is 0 Å². The van der Waals surface area contributed by atoms with Gasteiger partial charge in [-0.15, -0.1) is 0 Å². The lowest BCUT2D eigenvalue weighted by molar-refractivity contribution is -0.169. The minimum absolute atomic E-state index is 0.252. The molecule has 0 N–H and O–H groups in total. The fourth-order valence-electron chi connectivity index (χ4n) is 4.47. The highest BCUT2D eigenvalue weighted by Crippen LogP contribution is 2.38. The van der Waals surface area contributed by atoms with E-state index in [2.05, 4.69) is 0 Å². The maximum atomic E-state index is 12.2. The topological polar surface area (TPSA) is 114 Å². The van der Waals surface area contributed by atoms with Gasteiger partial charge in [-0.1, -0.05) is 0 Å². The lowest BCUT2D eigenvalue weighted by Crippen LogP contribution is -2.43. The predicted octanol–water partition coefficient (Wildman–Crippen LogP) is 1.26. The molecular formula is C20H30O9. The van der Waals surface area contributed by atoms with E-state index >= 15 is 0 Å². The molecule has 0 saturated heterocycles. The molecule has 2 saturated carbocycles. The van der Waals surface area contributed by atoms with Crippen molar-refractivity contribution in [3.8, 4) is 0 Å². The van der Waals surface area contributed by atoms with E-state index in [1.807, 2.05) is 0 Å². The zero-order valence-corrected chi connectivity index (χ0v) is 17.4. The maximum absolute atomic E-state index is 12.2. The number of carbonyl (C=O) groups excluding carboxylic acids is 4. The summed E-state index contributed by atoms with van der Waals surface area (Å²) in [6, 6.07) is 0. The Morgan fingerprint density at radius 1 is 0.517 bits per heavy atom. The fourth-order valence-corrected chi connectivity index (χ4v) is 4.47. The van der Waals surface area contributed by atoms with Gasteiger partial charge in [0.05, 0.1) is 64.3 Å². The molecule has 9 nitrogen and oxygen atoms in total. The van der Waals surface area contributed by atoms with Crippen LogP contribution in [0.2, 0.25) is 0 Å². The zero-order valence-electron chi connectivity index (χ0n) is 17.4. The number of carbonyl (C=O) groups is 4. The van der Waals surface area contributed by atoms with Gasteiger partial charge >= 0.3 is 23.9 Å². The molecule has 0 aromatic heterocycles. The summed E-state index contributed by atoms with van der Waals surface area (Å²) >= 11 is 0. The summed E-state index contributed by atoms with van der Waals surface area (Å²) < 4.78 is 25.5. The average molecular weight is 414 g/mol. The second kappa shape index (κ2) is 10.6. The van der Waals surface area contributed by atoms with E-state index < -0.39 is 47.5 Å². The molecule has 0 aliphatic heterocycles. The molecule has 0 aromatic carbocycles. The van der Waals surface area contributed by atoms with Crippen LogP contribution in [0, 0.1) is 23.7 Å². The predicted molar refractivity (Wildman–Crippen MR) is 98.4 cm³/mol. The Labute approximate surface area is 170 Å².